The standard InChI is InChI=1S/C25H31NO4/c1-18(20-12-8-5-9-13-20)26(17-19-10-6-4-7-11-19)22-15-14-21(16-23(27)29-2)24(22)25(28)30-3/h4-13,18,21-22,24H,14-17H2,1-3H3/t18-,21-,22-,24-/m0/s1. The first kappa shape index (κ1) is 22.0. The fourth-order valence-corrected chi connectivity index (χ4v) is 4.70. The van der Waals surface area contributed by atoms with Crippen molar-refractivity contribution in [3.8, 4) is 0 Å². The molecule has 0 bridgehead atoms. The number of methoxy groups -OCH3 is 2. The molecular formula is C25H31NO4. The van der Waals surface area contributed by atoms with Crippen LogP contribution in [0.1, 0.15) is 43.4 Å². The molecule has 0 aliphatic heterocycles. The Balaban J connectivity index is 1.93. The maximum Gasteiger partial charge on any atom is 0.310 e. The van der Waals surface area contributed by atoms with E-state index in [4.69, 9.17) is 9.47 Å². The van der Waals surface area contributed by atoms with Crippen LogP contribution in [0.3, 0.4) is 0 Å². The maximum absolute atomic E-state index is 12.8. The van der Waals surface area contributed by atoms with E-state index in [0.29, 0.717) is 0 Å². The molecule has 5 heteroatoms. The summed E-state index contributed by atoms with van der Waals surface area (Å²) in [6.07, 6.45) is 1.88. The van der Waals surface area contributed by atoms with Gasteiger partial charge < -0.3 is 9.47 Å². The molecule has 0 N–H and O–H groups in total. The Kier molecular flexibility index (Phi) is 7.63. The van der Waals surface area contributed by atoms with Gasteiger partial charge in [0.05, 0.1) is 20.1 Å². The van der Waals surface area contributed by atoms with Crippen LogP contribution >= 0.6 is 0 Å². The van der Waals surface area contributed by atoms with Crippen molar-refractivity contribution in [1.82, 2.24) is 4.90 Å². The second-order valence-corrected chi connectivity index (χ2v) is 7.98. The highest BCUT2D eigenvalue weighted by Gasteiger charge is 2.46. The van der Waals surface area contributed by atoms with Gasteiger partial charge in [-0.15, -0.1) is 0 Å². The molecule has 0 saturated heterocycles. The first-order valence-corrected chi connectivity index (χ1v) is 10.5. The van der Waals surface area contributed by atoms with E-state index in [1.807, 2.05) is 36.4 Å². The van der Waals surface area contributed by atoms with Crippen molar-refractivity contribution >= 4 is 11.9 Å². The summed E-state index contributed by atoms with van der Waals surface area (Å²) in [7, 11) is 2.82. The van der Waals surface area contributed by atoms with Crippen molar-refractivity contribution in [1.29, 1.82) is 0 Å². The summed E-state index contributed by atoms with van der Waals surface area (Å²) in [5.41, 5.74) is 2.40. The topological polar surface area (TPSA) is 55.8 Å². The van der Waals surface area contributed by atoms with E-state index in [1.54, 1.807) is 0 Å². The highest BCUT2D eigenvalue weighted by Crippen LogP contribution is 2.42. The van der Waals surface area contributed by atoms with Gasteiger partial charge in [0.1, 0.15) is 0 Å². The quantitative estimate of drug-likeness (QED) is 0.606. The summed E-state index contributed by atoms with van der Waals surface area (Å²) >= 11 is 0. The molecule has 3 rings (SSSR count). The molecule has 0 spiro atoms. The molecule has 0 amide bonds. The Morgan fingerprint density at radius 2 is 1.60 bits per heavy atom. The van der Waals surface area contributed by atoms with Gasteiger partial charge in [-0.2, -0.15) is 0 Å². The van der Waals surface area contributed by atoms with Crippen LogP contribution in [-0.4, -0.2) is 37.1 Å². The van der Waals surface area contributed by atoms with Gasteiger partial charge in [0, 0.05) is 25.0 Å². The number of carbonyl (C=O) groups excluding carboxylic acids is 2. The van der Waals surface area contributed by atoms with Crippen molar-refractivity contribution in [3.63, 3.8) is 0 Å². The fraction of sp³-hybridized carbons (Fsp3) is 0.440. The lowest BCUT2D eigenvalue weighted by molar-refractivity contribution is -0.151. The van der Waals surface area contributed by atoms with Crippen molar-refractivity contribution < 1.29 is 19.1 Å². The first-order chi connectivity index (χ1) is 14.5. The van der Waals surface area contributed by atoms with Crippen molar-refractivity contribution in [2.45, 2.75) is 44.8 Å². The second kappa shape index (κ2) is 10.4. The number of hydrogen-bond acceptors (Lipinski definition) is 5. The van der Waals surface area contributed by atoms with Crippen LogP contribution in [0.4, 0.5) is 0 Å². The number of esters is 2. The SMILES string of the molecule is COC(=O)C[C@@H]1CC[C@H](N(Cc2ccccc2)[C@@H](C)c2ccccc2)[C@H]1C(=O)OC. The Hall–Kier alpha value is -2.66. The van der Waals surface area contributed by atoms with Crippen molar-refractivity contribution in [2.24, 2.45) is 11.8 Å². The van der Waals surface area contributed by atoms with Gasteiger partial charge in [0.25, 0.3) is 0 Å². The highest BCUT2D eigenvalue weighted by molar-refractivity contribution is 5.76. The maximum atomic E-state index is 12.8. The summed E-state index contributed by atoms with van der Waals surface area (Å²) < 4.78 is 10.1. The lowest BCUT2D eigenvalue weighted by Crippen LogP contribution is -2.44. The third kappa shape index (κ3) is 5.08. The van der Waals surface area contributed by atoms with Gasteiger partial charge in [-0.3, -0.25) is 14.5 Å². The number of carbonyl (C=O) groups is 2. The monoisotopic (exact) mass is 409 g/mol. The number of benzene rings is 2. The van der Waals surface area contributed by atoms with Gasteiger partial charge in [-0.1, -0.05) is 60.7 Å². The first-order valence-electron chi connectivity index (χ1n) is 10.5. The van der Waals surface area contributed by atoms with Crippen LogP contribution in [0.5, 0.6) is 0 Å². The second-order valence-electron chi connectivity index (χ2n) is 7.98. The lowest BCUT2D eigenvalue weighted by atomic mass is 9.89. The van der Waals surface area contributed by atoms with E-state index < -0.39 is 0 Å². The van der Waals surface area contributed by atoms with Gasteiger partial charge in [0.2, 0.25) is 0 Å². The molecule has 2 aromatic carbocycles. The van der Waals surface area contributed by atoms with E-state index >= 15 is 0 Å². The fourth-order valence-electron chi connectivity index (χ4n) is 4.70. The smallest absolute Gasteiger partial charge is 0.310 e. The van der Waals surface area contributed by atoms with Crippen LogP contribution < -0.4 is 0 Å². The zero-order valence-electron chi connectivity index (χ0n) is 18.0. The molecule has 0 heterocycles. The van der Waals surface area contributed by atoms with Crippen molar-refractivity contribution in [3.05, 3.63) is 71.8 Å². The number of nitrogens with zero attached hydrogens (tertiary/aromatic N) is 1. The molecule has 30 heavy (non-hydrogen) atoms. The average molecular weight is 410 g/mol. The number of hydrogen-bond donors (Lipinski definition) is 0. The van der Waals surface area contributed by atoms with Gasteiger partial charge in [-0.25, -0.2) is 0 Å². The Morgan fingerprint density at radius 1 is 0.967 bits per heavy atom. The summed E-state index contributed by atoms with van der Waals surface area (Å²) in [5, 5.41) is 0. The summed E-state index contributed by atoms with van der Waals surface area (Å²) in [6.45, 7) is 2.90. The Labute approximate surface area is 179 Å². The Bertz CT molecular complexity index is 824. The normalized spacial score (nSPS) is 21.9. The number of rotatable bonds is 8. The van der Waals surface area contributed by atoms with Crippen LogP contribution in [0.25, 0.3) is 0 Å². The molecule has 0 radical (unpaired) electrons. The molecule has 0 aromatic heterocycles. The van der Waals surface area contributed by atoms with E-state index in [0.717, 1.165) is 19.4 Å². The van der Waals surface area contributed by atoms with Crippen LogP contribution in [0.15, 0.2) is 60.7 Å². The van der Waals surface area contributed by atoms with E-state index in [9.17, 15) is 9.59 Å². The van der Waals surface area contributed by atoms with Crippen LogP contribution in [0.2, 0.25) is 0 Å². The molecule has 5 nitrogen and oxygen atoms in total. The third-order valence-corrected chi connectivity index (χ3v) is 6.30. The van der Waals surface area contributed by atoms with Crippen LogP contribution in [-0.2, 0) is 25.6 Å². The van der Waals surface area contributed by atoms with Gasteiger partial charge in [-0.05, 0) is 36.8 Å². The third-order valence-electron chi connectivity index (χ3n) is 6.30. The Morgan fingerprint density at radius 3 is 2.20 bits per heavy atom. The molecule has 0 unspecified atom stereocenters. The zero-order valence-corrected chi connectivity index (χ0v) is 18.0. The van der Waals surface area contributed by atoms with E-state index in [-0.39, 0.29) is 42.3 Å². The minimum Gasteiger partial charge on any atom is -0.469 e. The predicted molar refractivity (Wildman–Crippen MR) is 115 cm³/mol. The summed E-state index contributed by atoms with van der Waals surface area (Å²) in [5.74, 6) is -0.954. The molecule has 4 atom stereocenters. The zero-order chi connectivity index (χ0) is 21.5. The molecule has 1 aliphatic carbocycles. The summed E-state index contributed by atoms with van der Waals surface area (Å²) in [6, 6.07) is 20.7. The lowest BCUT2D eigenvalue weighted by Gasteiger charge is -2.38. The minimum atomic E-state index is -0.357. The molecule has 2 aromatic rings. The predicted octanol–water partition coefficient (Wildman–Crippen LogP) is 4.38. The number of ether oxygens (including phenoxy) is 2. The molecule has 160 valence electrons. The average Bonchev–Trinajstić information content (AvgIpc) is 3.20. The molecular weight excluding hydrogens is 378 g/mol. The summed E-state index contributed by atoms with van der Waals surface area (Å²) in [4.78, 5) is 27.2. The largest absolute Gasteiger partial charge is 0.469 e. The molecule has 1 fully saturated rings. The highest BCUT2D eigenvalue weighted by atomic mass is 16.5. The van der Waals surface area contributed by atoms with E-state index in [2.05, 4.69) is 36.1 Å². The van der Waals surface area contributed by atoms with Gasteiger partial charge >= 0.3 is 11.9 Å². The molecule has 1 aliphatic rings. The van der Waals surface area contributed by atoms with Crippen LogP contribution in [0, 0.1) is 11.8 Å². The van der Waals surface area contributed by atoms with Gasteiger partial charge in [0.15, 0.2) is 0 Å². The molecule has 1 saturated carbocycles. The minimum absolute atomic E-state index is 0.0116. The van der Waals surface area contributed by atoms with Crippen molar-refractivity contribution in [2.75, 3.05) is 14.2 Å². The van der Waals surface area contributed by atoms with E-state index in [1.165, 1.54) is 25.3 Å².